The van der Waals surface area contributed by atoms with Gasteiger partial charge in [0.1, 0.15) is 0 Å². The van der Waals surface area contributed by atoms with Crippen molar-refractivity contribution in [3.63, 3.8) is 0 Å². The molecule has 11 heavy (non-hydrogen) atoms. The van der Waals surface area contributed by atoms with E-state index in [4.69, 9.17) is 0 Å². The maximum Gasteiger partial charge on any atom is 0.0115 e. The van der Waals surface area contributed by atoms with E-state index < -0.39 is 0 Å². The van der Waals surface area contributed by atoms with Crippen molar-refractivity contribution in [1.82, 2.24) is 4.90 Å². The van der Waals surface area contributed by atoms with Crippen molar-refractivity contribution < 1.29 is 0 Å². The van der Waals surface area contributed by atoms with Gasteiger partial charge in [-0.25, -0.2) is 0 Å². The smallest absolute Gasteiger partial charge is 0.0115 e. The molecule has 0 amide bonds. The first kappa shape index (κ1) is 9.05. The molecular weight excluding hydrogens is 134 g/mol. The first-order valence-electron chi connectivity index (χ1n) is 4.76. The van der Waals surface area contributed by atoms with Crippen molar-refractivity contribution in [3.05, 3.63) is 0 Å². The molecule has 66 valence electrons. The third kappa shape index (κ3) is 2.19. The van der Waals surface area contributed by atoms with Gasteiger partial charge in [0.15, 0.2) is 0 Å². The minimum absolute atomic E-state index is 0.449. The highest BCUT2D eigenvalue weighted by molar-refractivity contribution is 4.81. The average Bonchev–Trinajstić information content (AvgIpc) is 2.34. The number of nitrogens with zero attached hydrogens (tertiary/aromatic N) is 1. The van der Waals surface area contributed by atoms with Crippen LogP contribution in [0.5, 0.6) is 0 Å². The zero-order valence-corrected chi connectivity index (χ0v) is 8.35. The quantitative estimate of drug-likeness (QED) is 0.562. The van der Waals surface area contributed by atoms with Crippen LogP contribution in [0.1, 0.15) is 40.5 Å². The second-order valence-corrected chi connectivity index (χ2v) is 4.79. The van der Waals surface area contributed by atoms with Gasteiger partial charge >= 0.3 is 0 Å². The standard InChI is InChI=1S/C10H21N/c1-9(10(2,3)4)11-7-5-6-8-11/h9H,5-8H2,1-4H3/t9-/m1/s1. The van der Waals surface area contributed by atoms with Crippen LogP contribution in [0.2, 0.25) is 0 Å². The Hall–Kier alpha value is -0.0400. The molecule has 0 radical (unpaired) electrons. The van der Waals surface area contributed by atoms with E-state index in [9.17, 15) is 0 Å². The van der Waals surface area contributed by atoms with Crippen LogP contribution in [0.4, 0.5) is 0 Å². The van der Waals surface area contributed by atoms with Crippen LogP contribution in [0.3, 0.4) is 0 Å². The second-order valence-electron chi connectivity index (χ2n) is 4.79. The van der Waals surface area contributed by atoms with Gasteiger partial charge in [0.2, 0.25) is 0 Å². The normalized spacial score (nSPS) is 24.0. The summed E-state index contributed by atoms with van der Waals surface area (Å²) in [5, 5.41) is 0. The van der Waals surface area contributed by atoms with E-state index in [1.54, 1.807) is 0 Å². The van der Waals surface area contributed by atoms with Gasteiger partial charge in [-0.1, -0.05) is 20.8 Å². The average molecular weight is 155 g/mol. The number of hydrogen-bond donors (Lipinski definition) is 0. The summed E-state index contributed by atoms with van der Waals surface area (Å²) >= 11 is 0. The van der Waals surface area contributed by atoms with Crippen molar-refractivity contribution >= 4 is 0 Å². The van der Waals surface area contributed by atoms with Crippen molar-refractivity contribution in [3.8, 4) is 0 Å². The highest BCUT2D eigenvalue weighted by atomic mass is 15.2. The van der Waals surface area contributed by atoms with Crippen molar-refractivity contribution in [2.75, 3.05) is 13.1 Å². The number of rotatable bonds is 1. The minimum atomic E-state index is 0.449. The van der Waals surface area contributed by atoms with Gasteiger partial charge in [0, 0.05) is 6.04 Å². The highest BCUT2D eigenvalue weighted by Gasteiger charge is 2.27. The predicted molar refractivity (Wildman–Crippen MR) is 49.7 cm³/mol. The minimum Gasteiger partial charge on any atom is -0.300 e. The zero-order valence-electron chi connectivity index (χ0n) is 8.35. The summed E-state index contributed by atoms with van der Waals surface area (Å²) in [7, 11) is 0. The Morgan fingerprint density at radius 2 is 1.55 bits per heavy atom. The zero-order chi connectivity index (χ0) is 8.48. The molecule has 0 aromatic rings. The molecule has 1 heteroatoms. The summed E-state index contributed by atoms with van der Waals surface area (Å²) in [6.45, 7) is 12.0. The first-order chi connectivity index (χ1) is 5.02. The van der Waals surface area contributed by atoms with Crippen molar-refractivity contribution in [2.24, 2.45) is 5.41 Å². The summed E-state index contributed by atoms with van der Waals surface area (Å²) in [6.07, 6.45) is 2.81. The Balaban J connectivity index is 2.46. The molecule has 0 spiro atoms. The van der Waals surface area contributed by atoms with Crippen molar-refractivity contribution in [1.29, 1.82) is 0 Å². The van der Waals surface area contributed by atoms with E-state index in [2.05, 4.69) is 32.6 Å². The predicted octanol–water partition coefficient (Wildman–Crippen LogP) is 2.52. The molecule has 1 heterocycles. The Bertz CT molecular complexity index is 117. The summed E-state index contributed by atoms with van der Waals surface area (Å²) in [5.74, 6) is 0. The van der Waals surface area contributed by atoms with E-state index in [1.165, 1.54) is 25.9 Å². The molecule has 0 bridgehead atoms. The topological polar surface area (TPSA) is 3.24 Å². The molecule has 1 saturated heterocycles. The van der Waals surface area contributed by atoms with Crippen LogP contribution in [-0.2, 0) is 0 Å². The number of likely N-dealkylation sites (tertiary alicyclic amines) is 1. The van der Waals surface area contributed by atoms with E-state index in [1.807, 2.05) is 0 Å². The van der Waals surface area contributed by atoms with E-state index in [0.29, 0.717) is 5.41 Å². The largest absolute Gasteiger partial charge is 0.300 e. The van der Waals surface area contributed by atoms with E-state index >= 15 is 0 Å². The maximum atomic E-state index is 2.61. The maximum absolute atomic E-state index is 2.61. The Morgan fingerprint density at radius 3 is 1.91 bits per heavy atom. The fourth-order valence-electron chi connectivity index (χ4n) is 1.68. The molecule has 1 atom stereocenters. The van der Waals surface area contributed by atoms with Crippen LogP contribution in [0.25, 0.3) is 0 Å². The van der Waals surface area contributed by atoms with Gasteiger partial charge in [-0.3, -0.25) is 0 Å². The fourth-order valence-corrected chi connectivity index (χ4v) is 1.68. The SMILES string of the molecule is C[C@@H](N1CCCC1)C(C)(C)C. The summed E-state index contributed by atoms with van der Waals surface area (Å²) in [4.78, 5) is 2.61. The lowest BCUT2D eigenvalue weighted by atomic mass is 9.87. The van der Waals surface area contributed by atoms with Gasteiger partial charge in [-0.2, -0.15) is 0 Å². The third-order valence-corrected chi connectivity index (χ3v) is 2.94. The van der Waals surface area contributed by atoms with Crippen LogP contribution < -0.4 is 0 Å². The highest BCUT2D eigenvalue weighted by Crippen LogP contribution is 2.26. The second kappa shape index (κ2) is 3.14. The lowest BCUT2D eigenvalue weighted by Crippen LogP contribution is -2.39. The Labute approximate surface area is 70.8 Å². The molecule has 0 aromatic heterocycles. The molecule has 1 fully saturated rings. The monoisotopic (exact) mass is 155 g/mol. The van der Waals surface area contributed by atoms with E-state index in [0.717, 1.165) is 6.04 Å². The Kier molecular flexibility index (Phi) is 2.58. The third-order valence-electron chi connectivity index (χ3n) is 2.94. The summed E-state index contributed by atoms with van der Waals surface area (Å²) in [6, 6.07) is 0.741. The lowest BCUT2D eigenvalue weighted by Gasteiger charge is -2.35. The molecular formula is C10H21N. The van der Waals surface area contributed by atoms with Gasteiger partial charge < -0.3 is 4.90 Å². The Morgan fingerprint density at radius 1 is 1.09 bits per heavy atom. The molecule has 1 rings (SSSR count). The molecule has 0 aliphatic carbocycles. The van der Waals surface area contributed by atoms with Crippen LogP contribution in [-0.4, -0.2) is 24.0 Å². The van der Waals surface area contributed by atoms with E-state index in [-0.39, 0.29) is 0 Å². The lowest BCUT2D eigenvalue weighted by molar-refractivity contribution is 0.140. The van der Waals surface area contributed by atoms with Crippen LogP contribution >= 0.6 is 0 Å². The van der Waals surface area contributed by atoms with Gasteiger partial charge in [-0.15, -0.1) is 0 Å². The fraction of sp³-hybridized carbons (Fsp3) is 1.00. The molecule has 1 nitrogen and oxygen atoms in total. The molecule has 0 N–H and O–H groups in total. The first-order valence-corrected chi connectivity index (χ1v) is 4.76. The van der Waals surface area contributed by atoms with Gasteiger partial charge in [0.05, 0.1) is 0 Å². The summed E-state index contributed by atoms with van der Waals surface area (Å²) in [5.41, 5.74) is 0.449. The molecule has 0 saturated carbocycles. The molecule has 1 aliphatic heterocycles. The van der Waals surface area contributed by atoms with Gasteiger partial charge in [0.25, 0.3) is 0 Å². The molecule has 1 aliphatic rings. The van der Waals surface area contributed by atoms with Crippen LogP contribution in [0.15, 0.2) is 0 Å². The van der Waals surface area contributed by atoms with Gasteiger partial charge in [-0.05, 0) is 38.3 Å². The number of hydrogen-bond acceptors (Lipinski definition) is 1. The van der Waals surface area contributed by atoms with Crippen molar-refractivity contribution in [2.45, 2.75) is 46.6 Å². The summed E-state index contributed by atoms with van der Waals surface area (Å²) < 4.78 is 0. The molecule has 0 aromatic carbocycles. The van der Waals surface area contributed by atoms with Crippen LogP contribution in [0, 0.1) is 5.41 Å². The molecule has 0 unspecified atom stereocenters.